The van der Waals surface area contributed by atoms with Crippen LogP contribution in [0.3, 0.4) is 0 Å². The van der Waals surface area contributed by atoms with Crippen molar-refractivity contribution >= 4 is 50.5 Å². The number of carbonyl (C=O) groups is 2. The van der Waals surface area contributed by atoms with E-state index in [1.807, 2.05) is 0 Å². The Labute approximate surface area is 185 Å². The van der Waals surface area contributed by atoms with Gasteiger partial charge in [0.15, 0.2) is 0 Å². The molecular formula is C22H20ClN3O4S. The average molecular weight is 458 g/mol. The van der Waals surface area contributed by atoms with E-state index in [0.29, 0.717) is 17.1 Å². The molecule has 0 unspecified atom stereocenters. The highest BCUT2D eigenvalue weighted by atomic mass is 35.5. The van der Waals surface area contributed by atoms with E-state index in [1.54, 1.807) is 42.5 Å². The SMILES string of the molecule is CC(=O)Nc1ccc(NC(=O)c2cccc(S(=O)(=O)N(C)c3ccccc3)c2)c(Cl)c1. The summed E-state index contributed by atoms with van der Waals surface area (Å²) in [6.07, 6.45) is 0. The Balaban J connectivity index is 1.83. The number of carbonyl (C=O) groups excluding carboxylic acids is 2. The fourth-order valence-corrected chi connectivity index (χ4v) is 4.29. The molecule has 0 aliphatic heterocycles. The van der Waals surface area contributed by atoms with Crippen molar-refractivity contribution in [1.29, 1.82) is 0 Å². The number of hydrogen-bond donors (Lipinski definition) is 2. The molecule has 3 rings (SSSR count). The molecule has 2 amide bonds. The number of benzene rings is 3. The van der Waals surface area contributed by atoms with Crippen molar-refractivity contribution in [2.24, 2.45) is 0 Å². The molecule has 3 aromatic carbocycles. The number of hydrogen-bond acceptors (Lipinski definition) is 4. The Morgan fingerprint density at radius 2 is 1.61 bits per heavy atom. The first-order chi connectivity index (χ1) is 14.7. The largest absolute Gasteiger partial charge is 0.326 e. The van der Waals surface area contributed by atoms with E-state index >= 15 is 0 Å². The maximum atomic E-state index is 13.0. The lowest BCUT2D eigenvalue weighted by Gasteiger charge is -2.19. The first kappa shape index (κ1) is 22.3. The lowest BCUT2D eigenvalue weighted by Crippen LogP contribution is -2.26. The zero-order chi connectivity index (χ0) is 22.6. The number of nitrogens with zero attached hydrogens (tertiary/aromatic N) is 1. The third kappa shape index (κ3) is 5.22. The molecule has 0 spiro atoms. The van der Waals surface area contributed by atoms with Gasteiger partial charge in [0.25, 0.3) is 15.9 Å². The predicted octanol–water partition coefficient (Wildman–Crippen LogP) is 4.38. The molecule has 0 aliphatic rings. The number of anilines is 3. The van der Waals surface area contributed by atoms with Crippen LogP contribution in [0.15, 0.2) is 77.7 Å². The van der Waals surface area contributed by atoms with Gasteiger partial charge in [-0.25, -0.2) is 8.42 Å². The Morgan fingerprint density at radius 1 is 0.903 bits per heavy atom. The predicted molar refractivity (Wildman–Crippen MR) is 122 cm³/mol. The quantitative estimate of drug-likeness (QED) is 0.574. The van der Waals surface area contributed by atoms with Crippen molar-refractivity contribution in [3.63, 3.8) is 0 Å². The molecule has 0 saturated heterocycles. The maximum Gasteiger partial charge on any atom is 0.264 e. The zero-order valence-corrected chi connectivity index (χ0v) is 18.4. The van der Waals surface area contributed by atoms with Crippen molar-refractivity contribution in [2.45, 2.75) is 11.8 Å². The Hall–Kier alpha value is -3.36. The van der Waals surface area contributed by atoms with Gasteiger partial charge in [0, 0.05) is 25.2 Å². The summed E-state index contributed by atoms with van der Waals surface area (Å²) in [6.45, 7) is 1.37. The van der Waals surface area contributed by atoms with Gasteiger partial charge in [0.2, 0.25) is 5.91 Å². The molecular weight excluding hydrogens is 438 g/mol. The first-order valence-electron chi connectivity index (χ1n) is 9.21. The fraction of sp³-hybridized carbons (Fsp3) is 0.0909. The van der Waals surface area contributed by atoms with Gasteiger partial charge in [-0.3, -0.25) is 13.9 Å². The minimum absolute atomic E-state index is 0.0152. The van der Waals surface area contributed by atoms with Gasteiger partial charge >= 0.3 is 0 Å². The molecule has 0 atom stereocenters. The molecule has 0 saturated carbocycles. The van der Waals surface area contributed by atoms with Crippen LogP contribution in [0.25, 0.3) is 0 Å². The van der Waals surface area contributed by atoms with Gasteiger partial charge < -0.3 is 10.6 Å². The van der Waals surface area contributed by atoms with Gasteiger partial charge in [-0.15, -0.1) is 0 Å². The van der Waals surface area contributed by atoms with Crippen LogP contribution in [0.4, 0.5) is 17.1 Å². The highest BCUT2D eigenvalue weighted by Gasteiger charge is 2.22. The highest BCUT2D eigenvalue weighted by Crippen LogP contribution is 2.27. The van der Waals surface area contributed by atoms with Crippen LogP contribution in [0.2, 0.25) is 5.02 Å². The molecule has 0 heterocycles. The third-order valence-corrected chi connectivity index (χ3v) is 6.51. The first-order valence-corrected chi connectivity index (χ1v) is 11.0. The van der Waals surface area contributed by atoms with Gasteiger partial charge in [0.05, 0.1) is 21.3 Å². The Bertz CT molecular complexity index is 1230. The second kappa shape index (κ2) is 9.20. The van der Waals surface area contributed by atoms with Crippen LogP contribution in [-0.2, 0) is 14.8 Å². The summed E-state index contributed by atoms with van der Waals surface area (Å²) in [6, 6.07) is 19.0. The van der Waals surface area contributed by atoms with E-state index in [2.05, 4.69) is 10.6 Å². The molecule has 2 N–H and O–H groups in total. The lowest BCUT2D eigenvalue weighted by atomic mass is 10.2. The standard InChI is InChI=1S/C22H20ClN3O4S/c1-15(27)24-17-11-12-21(20(23)14-17)25-22(28)16-7-6-10-19(13-16)31(29,30)26(2)18-8-4-3-5-9-18/h3-14H,1-2H3,(H,24,27)(H,25,28). The van der Waals surface area contributed by atoms with Crippen LogP contribution >= 0.6 is 11.6 Å². The van der Waals surface area contributed by atoms with E-state index in [9.17, 15) is 18.0 Å². The summed E-state index contributed by atoms with van der Waals surface area (Å²) in [7, 11) is -2.41. The number of nitrogens with one attached hydrogen (secondary N) is 2. The normalized spacial score (nSPS) is 10.9. The third-order valence-electron chi connectivity index (χ3n) is 4.41. The molecule has 0 aromatic heterocycles. The molecule has 0 bridgehead atoms. The minimum Gasteiger partial charge on any atom is -0.326 e. The molecule has 0 radical (unpaired) electrons. The zero-order valence-electron chi connectivity index (χ0n) is 16.8. The van der Waals surface area contributed by atoms with Crippen LogP contribution in [0.5, 0.6) is 0 Å². The number of sulfonamides is 1. The number of amides is 2. The second-order valence-electron chi connectivity index (χ2n) is 6.67. The molecule has 0 fully saturated rings. The van der Waals surface area contributed by atoms with Crippen molar-refractivity contribution in [3.8, 4) is 0 Å². The number of para-hydroxylation sites is 1. The number of rotatable bonds is 6. The van der Waals surface area contributed by atoms with E-state index < -0.39 is 15.9 Å². The van der Waals surface area contributed by atoms with E-state index in [4.69, 9.17) is 11.6 Å². The van der Waals surface area contributed by atoms with Crippen LogP contribution in [0, 0.1) is 0 Å². The smallest absolute Gasteiger partial charge is 0.264 e. The Morgan fingerprint density at radius 3 is 2.26 bits per heavy atom. The van der Waals surface area contributed by atoms with Crippen LogP contribution < -0.4 is 14.9 Å². The summed E-state index contributed by atoms with van der Waals surface area (Å²) in [4.78, 5) is 23.8. The van der Waals surface area contributed by atoms with E-state index in [0.717, 1.165) is 4.31 Å². The molecule has 160 valence electrons. The van der Waals surface area contributed by atoms with Crippen LogP contribution in [0.1, 0.15) is 17.3 Å². The second-order valence-corrected chi connectivity index (χ2v) is 9.04. The van der Waals surface area contributed by atoms with E-state index in [-0.39, 0.29) is 21.4 Å². The maximum absolute atomic E-state index is 13.0. The monoisotopic (exact) mass is 457 g/mol. The summed E-state index contributed by atoms with van der Waals surface area (Å²) in [5, 5.41) is 5.48. The van der Waals surface area contributed by atoms with Gasteiger partial charge in [0.1, 0.15) is 0 Å². The van der Waals surface area contributed by atoms with Crippen molar-refractivity contribution in [1.82, 2.24) is 0 Å². The molecule has 31 heavy (non-hydrogen) atoms. The van der Waals surface area contributed by atoms with Gasteiger partial charge in [-0.05, 0) is 48.5 Å². The van der Waals surface area contributed by atoms with E-state index in [1.165, 1.54) is 44.3 Å². The lowest BCUT2D eigenvalue weighted by molar-refractivity contribution is -0.114. The summed E-state index contributed by atoms with van der Waals surface area (Å²) < 4.78 is 27.1. The fourth-order valence-electron chi connectivity index (χ4n) is 2.82. The molecule has 3 aromatic rings. The minimum atomic E-state index is -3.86. The van der Waals surface area contributed by atoms with Crippen LogP contribution in [-0.4, -0.2) is 27.3 Å². The van der Waals surface area contributed by atoms with Crippen molar-refractivity contribution < 1.29 is 18.0 Å². The number of halogens is 1. The Kier molecular flexibility index (Phi) is 6.62. The summed E-state index contributed by atoms with van der Waals surface area (Å²) in [5.41, 5.74) is 1.48. The average Bonchev–Trinajstić information content (AvgIpc) is 2.75. The van der Waals surface area contributed by atoms with Gasteiger partial charge in [-0.2, -0.15) is 0 Å². The van der Waals surface area contributed by atoms with Crippen molar-refractivity contribution in [3.05, 3.63) is 83.4 Å². The highest BCUT2D eigenvalue weighted by molar-refractivity contribution is 7.92. The molecule has 7 nitrogen and oxygen atoms in total. The molecule has 9 heteroatoms. The summed E-state index contributed by atoms with van der Waals surface area (Å²) in [5.74, 6) is -0.764. The molecule has 0 aliphatic carbocycles. The van der Waals surface area contributed by atoms with Gasteiger partial charge in [-0.1, -0.05) is 35.9 Å². The summed E-state index contributed by atoms with van der Waals surface area (Å²) >= 11 is 6.19. The topological polar surface area (TPSA) is 95.6 Å². The van der Waals surface area contributed by atoms with Crippen molar-refractivity contribution in [2.75, 3.05) is 22.0 Å².